The van der Waals surface area contributed by atoms with Crippen LogP contribution in [-0.2, 0) is 17.8 Å². The summed E-state index contributed by atoms with van der Waals surface area (Å²) >= 11 is 0. The topological polar surface area (TPSA) is 78.6 Å². The monoisotopic (exact) mass is 338 g/mol. The van der Waals surface area contributed by atoms with Crippen molar-refractivity contribution in [2.45, 2.75) is 25.4 Å². The molecule has 1 atom stereocenters. The van der Waals surface area contributed by atoms with Crippen molar-refractivity contribution in [3.05, 3.63) is 53.1 Å². The van der Waals surface area contributed by atoms with Gasteiger partial charge < -0.3 is 9.47 Å². The van der Waals surface area contributed by atoms with Crippen molar-refractivity contribution in [3.63, 3.8) is 0 Å². The molecule has 4 rings (SSSR count). The number of hydrogen-bond donors (Lipinski definition) is 0. The molecule has 128 valence electrons. The summed E-state index contributed by atoms with van der Waals surface area (Å²) in [6.07, 6.45) is 2.79. The lowest BCUT2D eigenvalue weighted by atomic mass is 9.82. The van der Waals surface area contributed by atoms with Crippen LogP contribution in [0.2, 0.25) is 0 Å². The van der Waals surface area contributed by atoms with E-state index in [0.717, 1.165) is 17.0 Å². The highest BCUT2D eigenvalue weighted by molar-refractivity contribution is 5.98. The summed E-state index contributed by atoms with van der Waals surface area (Å²) in [4.78, 5) is 21.2. The molecule has 2 heterocycles. The lowest BCUT2D eigenvalue weighted by Gasteiger charge is -2.24. The van der Waals surface area contributed by atoms with Crippen LogP contribution < -0.4 is 4.74 Å². The molecule has 1 unspecified atom stereocenters. The van der Waals surface area contributed by atoms with Crippen molar-refractivity contribution in [3.8, 4) is 5.75 Å². The standard InChI is InChI=1S/C18H18N4O3/c1-24-10-17-20-18-19-9-14-15(22(18)21-17)7-12(8-16(14)23)11-3-5-13(25-2)6-4-11/h3-6,9,12H,7-8,10H2,1-2H3. The molecule has 0 saturated carbocycles. The maximum absolute atomic E-state index is 12.6. The van der Waals surface area contributed by atoms with Crippen molar-refractivity contribution >= 4 is 11.6 Å². The number of ketones is 1. The number of ether oxygens (including phenoxy) is 2. The number of methoxy groups -OCH3 is 2. The Morgan fingerprint density at radius 2 is 2.00 bits per heavy atom. The van der Waals surface area contributed by atoms with Crippen LogP contribution in [0.15, 0.2) is 30.5 Å². The Hall–Kier alpha value is -2.80. The third-order valence-electron chi connectivity index (χ3n) is 4.54. The van der Waals surface area contributed by atoms with Crippen molar-refractivity contribution < 1.29 is 14.3 Å². The highest BCUT2D eigenvalue weighted by Crippen LogP contribution is 2.33. The van der Waals surface area contributed by atoms with Crippen LogP contribution >= 0.6 is 0 Å². The highest BCUT2D eigenvalue weighted by atomic mass is 16.5. The smallest absolute Gasteiger partial charge is 0.252 e. The van der Waals surface area contributed by atoms with Gasteiger partial charge in [-0.1, -0.05) is 12.1 Å². The normalized spacial score (nSPS) is 16.9. The number of hydrogen-bond acceptors (Lipinski definition) is 6. The van der Waals surface area contributed by atoms with E-state index in [4.69, 9.17) is 9.47 Å². The van der Waals surface area contributed by atoms with Gasteiger partial charge in [0.05, 0.1) is 18.4 Å². The Labute approximate surface area is 144 Å². The number of carbonyl (C=O) groups is 1. The van der Waals surface area contributed by atoms with Gasteiger partial charge in [0, 0.05) is 19.7 Å². The number of fused-ring (bicyclic) bond motifs is 3. The molecule has 2 aromatic heterocycles. The van der Waals surface area contributed by atoms with E-state index < -0.39 is 0 Å². The van der Waals surface area contributed by atoms with Gasteiger partial charge in [-0.3, -0.25) is 4.79 Å². The van der Waals surface area contributed by atoms with E-state index in [1.54, 1.807) is 24.9 Å². The minimum atomic E-state index is 0.0836. The van der Waals surface area contributed by atoms with Gasteiger partial charge in [-0.05, 0) is 30.0 Å². The Balaban J connectivity index is 1.74. The third kappa shape index (κ3) is 2.76. The van der Waals surface area contributed by atoms with Crippen molar-refractivity contribution in [1.82, 2.24) is 19.6 Å². The van der Waals surface area contributed by atoms with E-state index in [0.29, 0.717) is 36.6 Å². The number of rotatable bonds is 4. The molecule has 1 aromatic carbocycles. The molecule has 0 N–H and O–H groups in total. The van der Waals surface area contributed by atoms with Gasteiger partial charge >= 0.3 is 0 Å². The molecule has 0 spiro atoms. The first-order valence-electron chi connectivity index (χ1n) is 8.09. The third-order valence-corrected chi connectivity index (χ3v) is 4.54. The first-order chi connectivity index (χ1) is 12.2. The zero-order chi connectivity index (χ0) is 17.4. The Morgan fingerprint density at radius 1 is 1.20 bits per heavy atom. The average molecular weight is 338 g/mol. The van der Waals surface area contributed by atoms with Crippen molar-refractivity contribution in [2.24, 2.45) is 0 Å². The van der Waals surface area contributed by atoms with Gasteiger partial charge in [0.1, 0.15) is 12.4 Å². The van der Waals surface area contributed by atoms with Gasteiger partial charge in [0.2, 0.25) is 0 Å². The molecule has 7 nitrogen and oxygen atoms in total. The Morgan fingerprint density at radius 3 is 2.72 bits per heavy atom. The molecule has 7 heteroatoms. The van der Waals surface area contributed by atoms with Gasteiger partial charge in [-0.15, -0.1) is 5.10 Å². The zero-order valence-electron chi connectivity index (χ0n) is 14.1. The van der Waals surface area contributed by atoms with Gasteiger partial charge in [-0.25, -0.2) is 9.50 Å². The van der Waals surface area contributed by atoms with E-state index in [1.807, 2.05) is 24.3 Å². The molecule has 1 aliphatic rings. The fourth-order valence-corrected chi connectivity index (χ4v) is 3.29. The van der Waals surface area contributed by atoms with Crippen molar-refractivity contribution in [1.29, 1.82) is 0 Å². The number of benzene rings is 1. The maximum atomic E-state index is 12.6. The van der Waals surface area contributed by atoms with Crippen LogP contribution in [-0.4, -0.2) is 39.6 Å². The summed E-state index contributed by atoms with van der Waals surface area (Å²) in [7, 11) is 3.24. The minimum Gasteiger partial charge on any atom is -0.497 e. The predicted molar refractivity (Wildman–Crippen MR) is 89.9 cm³/mol. The molecule has 25 heavy (non-hydrogen) atoms. The largest absolute Gasteiger partial charge is 0.497 e. The second kappa shape index (κ2) is 6.25. The fraction of sp³-hybridized carbons (Fsp3) is 0.333. The van der Waals surface area contributed by atoms with E-state index in [-0.39, 0.29) is 11.7 Å². The second-order valence-electron chi connectivity index (χ2n) is 6.09. The molecule has 0 radical (unpaired) electrons. The molecular formula is C18H18N4O3. The minimum absolute atomic E-state index is 0.0836. The number of carbonyl (C=O) groups excluding carboxylic acids is 1. The molecule has 0 bridgehead atoms. The molecule has 0 fully saturated rings. The van der Waals surface area contributed by atoms with Gasteiger partial charge in [0.15, 0.2) is 11.6 Å². The predicted octanol–water partition coefficient (Wildman–Crippen LogP) is 2.19. The number of Topliss-reactive ketones (excluding diaryl/α,β-unsaturated/α-hetero) is 1. The summed E-state index contributed by atoms with van der Waals surface area (Å²) in [5, 5.41) is 4.45. The molecule has 0 saturated heterocycles. The van der Waals surface area contributed by atoms with Crippen LogP contribution in [0, 0.1) is 0 Å². The van der Waals surface area contributed by atoms with Crippen LogP contribution in [0.5, 0.6) is 5.75 Å². The summed E-state index contributed by atoms with van der Waals surface area (Å²) < 4.78 is 12.0. The van der Waals surface area contributed by atoms with Crippen LogP contribution in [0.1, 0.15) is 39.8 Å². The Kier molecular flexibility index (Phi) is 3.93. The van der Waals surface area contributed by atoms with Crippen LogP contribution in [0.3, 0.4) is 0 Å². The summed E-state index contributed by atoms with van der Waals surface area (Å²) in [5.41, 5.74) is 2.60. The SMILES string of the molecule is COCc1nc2ncc3c(n2n1)CC(c1ccc(OC)cc1)CC3=O. The highest BCUT2D eigenvalue weighted by Gasteiger charge is 2.29. The van der Waals surface area contributed by atoms with E-state index in [2.05, 4.69) is 15.1 Å². The molecular weight excluding hydrogens is 320 g/mol. The van der Waals surface area contributed by atoms with E-state index in [9.17, 15) is 4.79 Å². The maximum Gasteiger partial charge on any atom is 0.252 e. The fourth-order valence-electron chi connectivity index (χ4n) is 3.29. The van der Waals surface area contributed by atoms with E-state index in [1.165, 1.54) is 0 Å². The van der Waals surface area contributed by atoms with E-state index >= 15 is 0 Å². The Bertz CT molecular complexity index is 933. The average Bonchev–Trinajstić information content (AvgIpc) is 3.05. The molecule has 3 aromatic rings. The molecule has 0 amide bonds. The lowest BCUT2D eigenvalue weighted by Crippen LogP contribution is -2.22. The molecule has 0 aliphatic heterocycles. The number of aromatic nitrogens is 4. The number of nitrogens with zero attached hydrogens (tertiary/aromatic N) is 4. The first kappa shape index (κ1) is 15.7. The first-order valence-corrected chi connectivity index (χ1v) is 8.09. The summed E-state index contributed by atoms with van der Waals surface area (Å²) in [6.45, 7) is 0.313. The van der Waals surface area contributed by atoms with Crippen LogP contribution in [0.4, 0.5) is 0 Å². The lowest BCUT2D eigenvalue weighted by molar-refractivity contribution is 0.0962. The van der Waals surface area contributed by atoms with Crippen LogP contribution in [0.25, 0.3) is 5.78 Å². The quantitative estimate of drug-likeness (QED) is 0.725. The van der Waals surface area contributed by atoms with Crippen molar-refractivity contribution in [2.75, 3.05) is 14.2 Å². The summed E-state index contributed by atoms with van der Waals surface area (Å²) in [6, 6.07) is 7.86. The van der Waals surface area contributed by atoms with Gasteiger partial charge in [-0.2, -0.15) is 4.98 Å². The second-order valence-corrected chi connectivity index (χ2v) is 6.09. The molecule has 1 aliphatic carbocycles. The zero-order valence-corrected chi connectivity index (χ0v) is 14.1. The van der Waals surface area contributed by atoms with Gasteiger partial charge in [0.25, 0.3) is 5.78 Å². The summed E-state index contributed by atoms with van der Waals surface area (Å²) in [5.74, 6) is 2.04.